The van der Waals surface area contributed by atoms with Crippen molar-refractivity contribution in [3.63, 3.8) is 0 Å². The fraction of sp³-hybridized carbons (Fsp3) is 1.00. The summed E-state index contributed by atoms with van der Waals surface area (Å²) in [5.41, 5.74) is 0. The number of nitrogens with zero attached hydrogens (tertiary/aromatic N) is 1. The highest BCUT2D eigenvalue weighted by molar-refractivity contribution is 9.10. The maximum Gasteiger partial charge on any atom is 0.275 e. The Morgan fingerprint density at radius 3 is 2.00 bits per heavy atom. The van der Waals surface area contributed by atoms with E-state index in [0.717, 1.165) is 0 Å². The van der Waals surface area contributed by atoms with Crippen molar-refractivity contribution in [2.75, 3.05) is 0 Å². The van der Waals surface area contributed by atoms with Crippen LogP contribution in [0, 0.1) is 10.1 Å². The van der Waals surface area contributed by atoms with Crippen LogP contribution in [-0.4, -0.2) is 15.3 Å². The Balaban J connectivity index is 2.62. The second kappa shape index (κ2) is 2.90. The number of nitro groups is 1. The smallest absolute Gasteiger partial charge is 0.263 e. The zero-order chi connectivity index (χ0) is 9.41. The topological polar surface area (TPSA) is 43.1 Å². The van der Waals surface area contributed by atoms with Gasteiger partial charge in [0.05, 0.1) is 0 Å². The van der Waals surface area contributed by atoms with E-state index >= 15 is 0 Å². The summed E-state index contributed by atoms with van der Waals surface area (Å²) < 4.78 is 23.8. The summed E-state index contributed by atoms with van der Waals surface area (Å²) in [6, 6.07) is 0. The van der Waals surface area contributed by atoms with Crippen molar-refractivity contribution < 1.29 is 13.7 Å². The zero-order valence-corrected chi connectivity index (χ0v) is 7.81. The summed E-state index contributed by atoms with van der Waals surface area (Å²) in [6.45, 7) is 0. The predicted molar refractivity (Wildman–Crippen MR) is 42.1 cm³/mol. The van der Waals surface area contributed by atoms with Crippen molar-refractivity contribution >= 4 is 15.9 Å². The molecular weight excluding hydrogens is 236 g/mol. The van der Waals surface area contributed by atoms with Gasteiger partial charge < -0.3 is 0 Å². The molecule has 0 amide bonds. The van der Waals surface area contributed by atoms with Crippen molar-refractivity contribution in [2.24, 2.45) is 0 Å². The van der Waals surface area contributed by atoms with Gasteiger partial charge in [0.25, 0.3) is 4.45 Å². The molecule has 70 valence electrons. The first-order valence-corrected chi connectivity index (χ1v) is 4.36. The van der Waals surface area contributed by atoms with Gasteiger partial charge in [0, 0.05) is 46.5 Å². The van der Waals surface area contributed by atoms with Crippen molar-refractivity contribution in [1.82, 2.24) is 0 Å². The van der Waals surface area contributed by atoms with Gasteiger partial charge in [0.1, 0.15) is 0 Å². The summed E-state index contributed by atoms with van der Waals surface area (Å²) in [5.74, 6) is -2.72. The first-order chi connectivity index (χ1) is 5.36. The van der Waals surface area contributed by atoms with Crippen molar-refractivity contribution in [3.8, 4) is 0 Å². The molecule has 0 aliphatic heterocycles. The highest BCUT2D eigenvalue weighted by atomic mass is 79.9. The average molecular weight is 244 g/mol. The molecule has 1 rings (SSSR count). The molecule has 0 spiro atoms. The molecule has 1 fully saturated rings. The van der Waals surface area contributed by atoms with Gasteiger partial charge in [-0.1, -0.05) is 0 Å². The summed E-state index contributed by atoms with van der Waals surface area (Å²) >= 11 is 2.88. The number of rotatable bonds is 1. The fourth-order valence-corrected chi connectivity index (χ4v) is 1.58. The summed E-state index contributed by atoms with van der Waals surface area (Å²) in [7, 11) is 0. The van der Waals surface area contributed by atoms with Crippen LogP contribution < -0.4 is 0 Å². The van der Waals surface area contributed by atoms with E-state index in [9.17, 15) is 18.9 Å². The molecule has 0 bridgehead atoms. The van der Waals surface area contributed by atoms with E-state index in [0.29, 0.717) is 0 Å². The normalized spacial score (nSPS) is 26.6. The van der Waals surface area contributed by atoms with E-state index in [1.54, 1.807) is 0 Å². The lowest BCUT2D eigenvalue weighted by molar-refractivity contribution is -0.542. The Morgan fingerprint density at radius 2 is 1.67 bits per heavy atom. The zero-order valence-electron chi connectivity index (χ0n) is 6.23. The quantitative estimate of drug-likeness (QED) is 0.308. The molecule has 0 N–H and O–H groups in total. The van der Waals surface area contributed by atoms with Crippen molar-refractivity contribution in [2.45, 2.75) is 36.1 Å². The van der Waals surface area contributed by atoms with Gasteiger partial charge >= 0.3 is 0 Å². The van der Waals surface area contributed by atoms with Crippen LogP contribution >= 0.6 is 15.9 Å². The standard InChI is InChI=1S/C6H8BrF2NO2/c7-5(10(11)12)1-3-6(8,9)4-2-5/h1-4H2. The minimum atomic E-state index is -2.72. The molecule has 6 heteroatoms. The first-order valence-electron chi connectivity index (χ1n) is 3.57. The van der Waals surface area contributed by atoms with Crippen LogP contribution in [0.2, 0.25) is 0 Å². The average Bonchev–Trinajstić information content (AvgIpc) is 1.96. The first kappa shape index (κ1) is 9.83. The SMILES string of the molecule is O=[N+]([O-])C1(Br)CCC(F)(F)CC1. The van der Waals surface area contributed by atoms with Crippen LogP contribution in [0.15, 0.2) is 0 Å². The van der Waals surface area contributed by atoms with Crippen LogP contribution in [0.1, 0.15) is 25.7 Å². The lowest BCUT2D eigenvalue weighted by Crippen LogP contribution is -2.39. The third-order valence-electron chi connectivity index (χ3n) is 2.07. The molecule has 0 aromatic heterocycles. The van der Waals surface area contributed by atoms with Crippen LogP contribution in [0.5, 0.6) is 0 Å². The van der Waals surface area contributed by atoms with Gasteiger partial charge in [-0.05, 0) is 0 Å². The largest absolute Gasteiger partial charge is 0.275 e. The van der Waals surface area contributed by atoms with Gasteiger partial charge in [-0.25, -0.2) is 8.78 Å². The summed E-state index contributed by atoms with van der Waals surface area (Å²) in [4.78, 5) is 9.88. The van der Waals surface area contributed by atoms with Crippen LogP contribution in [-0.2, 0) is 0 Å². The Bertz CT molecular complexity index is 200. The monoisotopic (exact) mass is 243 g/mol. The van der Waals surface area contributed by atoms with E-state index in [-0.39, 0.29) is 12.8 Å². The van der Waals surface area contributed by atoms with E-state index < -0.39 is 28.1 Å². The number of hydrogen-bond donors (Lipinski definition) is 0. The maximum absolute atomic E-state index is 12.6. The third kappa shape index (κ3) is 1.91. The predicted octanol–water partition coefficient (Wildman–Crippen LogP) is 2.56. The molecule has 0 heterocycles. The Labute approximate surface area is 76.4 Å². The molecule has 1 aliphatic carbocycles. The Morgan fingerprint density at radius 1 is 1.25 bits per heavy atom. The lowest BCUT2D eigenvalue weighted by Gasteiger charge is -2.28. The van der Waals surface area contributed by atoms with E-state index in [1.165, 1.54) is 0 Å². The number of alkyl halides is 3. The molecule has 1 aliphatic rings. The minimum Gasteiger partial charge on any atom is -0.263 e. The highest BCUT2D eigenvalue weighted by Gasteiger charge is 2.49. The molecular formula is C6H8BrF2NO2. The Kier molecular flexibility index (Phi) is 2.38. The number of hydrogen-bond acceptors (Lipinski definition) is 2. The molecule has 0 saturated heterocycles. The van der Waals surface area contributed by atoms with Gasteiger partial charge in [0.2, 0.25) is 5.92 Å². The minimum absolute atomic E-state index is 0.104. The molecule has 0 atom stereocenters. The second-order valence-electron chi connectivity index (χ2n) is 3.03. The number of halogens is 3. The Hall–Kier alpha value is -0.260. The molecule has 0 aromatic rings. The third-order valence-corrected chi connectivity index (χ3v) is 3.16. The lowest BCUT2D eigenvalue weighted by atomic mass is 9.92. The fourth-order valence-electron chi connectivity index (χ4n) is 1.18. The van der Waals surface area contributed by atoms with Crippen LogP contribution in [0.3, 0.4) is 0 Å². The molecule has 0 unspecified atom stereocenters. The molecule has 3 nitrogen and oxygen atoms in total. The van der Waals surface area contributed by atoms with E-state index in [1.807, 2.05) is 0 Å². The molecule has 12 heavy (non-hydrogen) atoms. The van der Waals surface area contributed by atoms with Crippen LogP contribution in [0.4, 0.5) is 8.78 Å². The van der Waals surface area contributed by atoms with Crippen molar-refractivity contribution in [1.29, 1.82) is 0 Å². The maximum atomic E-state index is 12.6. The summed E-state index contributed by atoms with van der Waals surface area (Å²) in [5, 5.41) is 10.4. The van der Waals surface area contributed by atoms with Gasteiger partial charge in [-0.3, -0.25) is 10.1 Å². The molecule has 0 aromatic carbocycles. The highest BCUT2D eigenvalue weighted by Crippen LogP contribution is 2.43. The van der Waals surface area contributed by atoms with Gasteiger partial charge in [0.15, 0.2) is 0 Å². The van der Waals surface area contributed by atoms with Crippen molar-refractivity contribution in [3.05, 3.63) is 10.1 Å². The molecule has 0 radical (unpaired) electrons. The van der Waals surface area contributed by atoms with Gasteiger partial charge in [-0.15, -0.1) is 0 Å². The molecule has 1 saturated carbocycles. The van der Waals surface area contributed by atoms with E-state index in [2.05, 4.69) is 15.9 Å². The van der Waals surface area contributed by atoms with Crippen LogP contribution in [0.25, 0.3) is 0 Å². The van der Waals surface area contributed by atoms with Gasteiger partial charge in [-0.2, -0.15) is 0 Å². The summed E-state index contributed by atoms with van der Waals surface area (Å²) in [6.07, 6.45) is -1.02. The second-order valence-corrected chi connectivity index (χ2v) is 4.51. The van der Waals surface area contributed by atoms with E-state index in [4.69, 9.17) is 0 Å².